The molecule has 1 atom stereocenters. The number of hydrogen-bond donors (Lipinski definition) is 1. The quantitative estimate of drug-likeness (QED) is 0.910. The molecule has 2 aromatic rings. The average molecular weight is 354 g/mol. The topological polar surface area (TPSA) is 50.2 Å². The summed E-state index contributed by atoms with van der Waals surface area (Å²) in [6, 6.07) is 9.24. The van der Waals surface area contributed by atoms with Gasteiger partial charge in [-0.3, -0.25) is 4.79 Å². The van der Waals surface area contributed by atoms with Crippen LogP contribution in [0.4, 0.5) is 5.95 Å². The molecule has 4 rings (SSSR count). The molecule has 5 heteroatoms. The molecule has 5 nitrogen and oxygen atoms in total. The van der Waals surface area contributed by atoms with Crippen LogP contribution in [0.25, 0.3) is 11.0 Å². The number of nitrogens with zero attached hydrogens (tertiary/aromatic N) is 3. The Labute approximate surface area is 155 Å². The fourth-order valence-corrected chi connectivity index (χ4v) is 4.24. The second kappa shape index (κ2) is 6.60. The van der Waals surface area contributed by atoms with Gasteiger partial charge in [0, 0.05) is 30.6 Å². The highest BCUT2D eigenvalue weighted by Gasteiger charge is 2.32. The highest BCUT2D eigenvalue weighted by Crippen LogP contribution is 2.37. The molecule has 2 heterocycles. The Kier molecular flexibility index (Phi) is 4.41. The molecule has 1 aliphatic carbocycles. The number of nitrogens with one attached hydrogen (secondary N) is 1. The molecule has 0 unspecified atom stereocenters. The van der Waals surface area contributed by atoms with Crippen LogP contribution in [0.3, 0.4) is 0 Å². The number of benzene rings is 1. The van der Waals surface area contributed by atoms with Gasteiger partial charge in [0.1, 0.15) is 0 Å². The monoisotopic (exact) mass is 354 g/mol. The van der Waals surface area contributed by atoms with Crippen molar-refractivity contribution in [3.63, 3.8) is 0 Å². The van der Waals surface area contributed by atoms with Gasteiger partial charge in [-0.15, -0.1) is 0 Å². The van der Waals surface area contributed by atoms with Gasteiger partial charge in [0.2, 0.25) is 11.9 Å². The van der Waals surface area contributed by atoms with E-state index in [1.807, 2.05) is 20.8 Å². The van der Waals surface area contributed by atoms with Gasteiger partial charge in [-0.25, -0.2) is 4.98 Å². The van der Waals surface area contributed by atoms with Crippen LogP contribution < -0.4 is 10.2 Å². The van der Waals surface area contributed by atoms with Gasteiger partial charge in [-0.2, -0.15) is 0 Å². The lowest BCUT2D eigenvalue weighted by atomic mass is 9.95. The first-order valence-electron chi connectivity index (χ1n) is 9.96. The first kappa shape index (κ1) is 17.4. The minimum atomic E-state index is -0.343. The molecule has 1 aliphatic heterocycles. The van der Waals surface area contributed by atoms with E-state index in [0.29, 0.717) is 6.04 Å². The Morgan fingerprint density at radius 1 is 1.15 bits per heavy atom. The van der Waals surface area contributed by atoms with Crippen LogP contribution in [0, 0.1) is 5.41 Å². The predicted molar refractivity (Wildman–Crippen MR) is 105 cm³/mol. The molecule has 0 bridgehead atoms. The second-order valence-corrected chi connectivity index (χ2v) is 8.86. The lowest BCUT2D eigenvalue weighted by Crippen LogP contribution is -2.43. The van der Waals surface area contributed by atoms with Crippen molar-refractivity contribution in [2.75, 3.05) is 18.0 Å². The summed E-state index contributed by atoms with van der Waals surface area (Å²) in [6.45, 7) is 7.70. The molecule has 1 N–H and O–H groups in total. The van der Waals surface area contributed by atoms with Gasteiger partial charge in [0.05, 0.1) is 11.0 Å². The summed E-state index contributed by atoms with van der Waals surface area (Å²) < 4.78 is 2.47. The van der Waals surface area contributed by atoms with Gasteiger partial charge in [0.25, 0.3) is 0 Å². The van der Waals surface area contributed by atoms with Crippen molar-refractivity contribution >= 4 is 22.9 Å². The Morgan fingerprint density at radius 3 is 2.62 bits per heavy atom. The van der Waals surface area contributed by atoms with Crippen molar-refractivity contribution in [2.45, 2.75) is 65.0 Å². The standard InChI is InChI=1S/C21H30N4O/c1-21(2,3)19(26)22-15-12-13-24(14-15)20-23-17-10-6-7-11-18(17)25(20)16-8-4-5-9-16/h6-7,10-11,15-16H,4-5,8-9,12-14H2,1-3H3,(H,22,26)/t15-/m1/s1. The van der Waals surface area contributed by atoms with Crippen molar-refractivity contribution in [1.82, 2.24) is 14.9 Å². The molecule has 0 radical (unpaired) electrons. The van der Waals surface area contributed by atoms with Crippen LogP contribution in [-0.2, 0) is 4.79 Å². The molecule has 1 amide bonds. The molecular weight excluding hydrogens is 324 g/mol. The number of para-hydroxylation sites is 2. The first-order valence-corrected chi connectivity index (χ1v) is 9.96. The van der Waals surface area contributed by atoms with E-state index in [-0.39, 0.29) is 17.4 Å². The van der Waals surface area contributed by atoms with E-state index in [0.717, 1.165) is 31.0 Å². The number of imidazole rings is 1. The van der Waals surface area contributed by atoms with Crippen molar-refractivity contribution in [3.05, 3.63) is 24.3 Å². The number of rotatable bonds is 3. The summed E-state index contributed by atoms with van der Waals surface area (Å²) >= 11 is 0. The maximum atomic E-state index is 12.3. The van der Waals surface area contributed by atoms with Gasteiger partial charge in [0.15, 0.2) is 0 Å². The van der Waals surface area contributed by atoms with E-state index in [4.69, 9.17) is 4.98 Å². The maximum absolute atomic E-state index is 12.3. The lowest BCUT2D eigenvalue weighted by Gasteiger charge is -2.24. The zero-order valence-electron chi connectivity index (χ0n) is 16.2. The van der Waals surface area contributed by atoms with Crippen LogP contribution in [0.15, 0.2) is 24.3 Å². The number of carbonyl (C=O) groups is 1. The number of aromatic nitrogens is 2. The van der Waals surface area contributed by atoms with E-state index >= 15 is 0 Å². The van der Waals surface area contributed by atoms with Crippen molar-refractivity contribution < 1.29 is 4.79 Å². The van der Waals surface area contributed by atoms with Crippen LogP contribution in [0.1, 0.15) is 58.9 Å². The minimum absolute atomic E-state index is 0.133. The molecule has 0 spiro atoms. The predicted octanol–water partition coefficient (Wildman–Crippen LogP) is 3.89. The summed E-state index contributed by atoms with van der Waals surface area (Å²) in [7, 11) is 0. The molecule has 140 valence electrons. The van der Waals surface area contributed by atoms with Crippen LogP contribution in [0.5, 0.6) is 0 Å². The zero-order valence-corrected chi connectivity index (χ0v) is 16.2. The summed E-state index contributed by atoms with van der Waals surface area (Å²) in [4.78, 5) is 19.7. The number of amides is 1. The van der Waals surface area contributed by atoms with Crippen molar-refractivity contribution in [1.29, 1.82) is 0 Å². The van der Waals surface area contributed by atoms with Crippen molar-refractivity contribution in [3.8, 4) is 0 Å². The van der Waals surface area contributed by atoms with Gasteiger partial charge in [-0.1, -0.05) is 45.7 Å². The molecule has 2 aliphatic rings. The fourth-order valence-electron chi connectivity index (χ4n) is 4.24. The minimum Gasteiger partial charge on any atom is -0.351 e. The molecule has 2 fully saturated rings. The summed E-state index contributed by atoms with van der Waals surface area (Å²) in [5.74, 6) is 1.22. The Balaban J connectivity index is 1.59. The third kappa shape index (κ3) is 3.19. The van der Waals surface area contributed by atoms with Crippen LogP contribution in [0.2, 0.25) is 0 Å². The highest BCUT2D eigenvalue weighted by molar-refractivity contribution is 5.82. The van der Waals surface area contributed by atoms with Gasteiger partial charge in [-0.05, 0) is 31.4 Å². The molecule has 1 saturated heterocycles. The third-order valence-electron chi connectivity index (χ3n) is 5.75. The van der Waals surface area contributed by atoms with Crippen LogP contribution in [-0.4, -0.2) is 34.6 Å². The number of carbonyl (C=O) groups excluding carboxylic acids is 1. The molecule has 1 aromatic carbocycles. The zero-order chi connectivity index (χ0) is 18.3. The van der Waals surface area contributed by atoms with E-state index in [1.165, 1.54) is 31.2 Å². The average Bonchev–Trinajstić information content (AvgIpc) is 3.32. The van der Waals surface area contributed by atoms with E-state index < -0.39 is 0 Å². The van der Waals surface area contributed by atoms with Gasteiger partial charge >= 0.3 is 0 Å². The first-order chi connectivity index (χ1) is 12.4. The molecule has 1 aromatic heterocycles. The maximum Gasteiger partial charge on any atom is 0.225 e. The molecular formula is C21H30N4O. The summed E-state index contributed by atoms with van der Waals surface area (Å²) in [6.07, 6.45) is 6.08. The second-order valence-electron chi connectivity index (χ2n) is 8.86. The highest BCUT2D eigenvalue weighted by atomic mass is 16.2. The number of hydrogen-bond acceptors (Lipinski definition) is 3. The normalized spacial score (nSPS) is 21.7. The van der Waals surface area contributed by atoms with Crippen molar-refractivity contribution in [2.24, 2.45) is 5.41 Å². The Bertz CT molecular complexity index is 798. The molecule has 26 heavy (non-hydrogen) atoms. The largest absolute Gasteiger partial charge is 0.351 e. The SMILES string of the molecule is CC(C)(C)C(=O)N[C@@H]1CCN(c2nc3ccccc3n2C2CCCC2)C1. The third-order valence-corrected chi connectivity index (χ3v) is 5.75. The fraction of sp³-hybridized carbons (Fsp3) is 0.619. The lowest BCUT2D eigenvalue weighted by molar-refractivity contribution is -0.129. The van der Waals surface area contributed by atoms with Crippen LogP contribution >= 0.6 is 0 Å². The molecule has 1 saturated carbocycles. The van der Waals surface area contributed by atoms with E-state index in [1.54, 1.807) is 0 Å². The number of anilines is 1. The number of fused-ring (bicyclic) bond motifs is 1. The van der Waals surface area contributed by atoms with E-state index in [9.17, 15) is 4.79 Å². The Hall–Kier alpha value is -2.04. The van der Waals surface area contributed by atoms with Gasteiger partial charge < -0.3 is 14.8 Å². The Morgan fingerprint density at radius 2 is 1.88 bits per heavy atom. The summed E-state index contributed by atoms with van der Waals surface area (Å²) in [5, 5.41) is 3.22. The summed E-state index contributed by atoms with van der Waals surface area (Å²) in [5.41, 5.74) is 1.98. The smallest absolute Gasteiger partial charge is 0.225 e. The van der Waals surface area contributed by atoms with E-state index in [2.05, 4.69) is 39.0 Å².